The molecule has 3 aromatic rings. The zero-order valence-electron chi connectivity index (χ0n) is 21.0. The molecule has 1 aliphatic rings. The number of carbonyl (C=O) groups is 3. The van der Waals surface area contributed by atoms with Crippen molar-refractivity contribution in [3.63, 3.8) is 0 Å². The van der Waals surface area contributed by atoms with E-state index in [0.717, 1.165) is 16.2 Å². The number of ether oxygens (including phenoxy) is 2. The Morgan fingerprint density at radius 3 is 2.55 bits per heavy atom. The minimum absolute atomic E-state index is 0.0749. The Morgan fingerprint density at radius 2 is 1.92 bits per heavy atom. The van der Waals surface area contributed by atoms with Crippen LogP contribution in [0.25, 0.3) is 5.76 Å². The lowest BCUT2D eigenvalue weighted by atomic mass is 9.94. The molecule has 0 bridgehead atoms. The van der Waals surface area contributed by atoms with Crippen molar-refractivity contribution in [2.45, 2.75) is 26.8 Å². The molecule has 1 aromatic heterocycles. The van der Waals surface area contributed by atoms with Crippen LogP contribution in [0.15, 0.2) is 60.7 Å². The zero-order valence-corrected chi connectivity index (χ0v) is 21.8. The van der Waals surface area contributed by atoms with E-state index >= 15 is 0 Å². The van der Waals surface area contributed by atoms with Gasteiger partial charge in [0.25, 0.3) is 5.78 Å². The molecular formula is C28H25FN2O6S. The number of benzene rings is 2. The van der Waals surface area contributed by atoms with E-state index in [0.29, 0.717) is 34.7 Å². The first kappa shape index (κ1) is 26.7. The largest absolute Gasteiger partial charge is 0.507 e. The van der Waals surface area contributed by atoms with Crippen LogP contribution in [0, 0.1) is 19.7 Å². The van der Waals surface area contributed by atoms with E-state index in [9.17, 15) is 23.9 Å². The third-order valence-corrected chi connectivity index (χ3v) is 7.04. The molecule has 1 aliphatic heterocycles. The summed E-state index contributed by atoms with van der Waals surface area (Å²) in [5.74, 6) is -2.84. The van der Waals surface area contributed by atoms with Crippen LogP contribution in [0.4, 0.5) is 9.52 Å². The number of esters is 1. The van der Waals surface area contributed by atoms with Crippen LogP contribution in [-0.2, 0) is 14.3 Å². The molecule has 2 heterocycles. The molecule has 1 N–H and O–H groups in total. The van der Waals surface area contributed by atoms with Gasteiger partial charge in [-0.3, -0.25) is 14.5 Å². The summed E-state index contributed by atoms with van der Waals surface area (Å²) in [4.78, 5) is 44.8. The smallest absolute Gasteiger partial charge is 0.350 e. The number of aliphatic hydroxyl groups is 1. The van der Waals surface area contributed by atoms with Gasteiger partial charge in [0.1, 0.15) is 28.8 Å². The Hall–Kier alpha value is -4.31. The number of aliphatic hydroxyl groups excluding tert-OH is 1. The van der Waals surface area contributed by atoms with Gasteiger partial charge < -0.3 is 14.6 Å². The first-order valence-corrected chi connectivity index (χ1v) is 12.5. The highest BCUT2D eigenvalue weighted by Crippen LogP contribution is 2.44. The summed E-state index contributed by atoms with van der Waals surface area (Å²) in [6, 6.07) is 9.04. The van der Waals surface area contributed by atoms with Gasteiger partial charge >= 0.3 is 11.9 Å². The van der Waals surface area contributed by atoms with Gasteiger partial charge in [-0.25, -0.2) is 14.2 Å². The Bertz CT molecular complexity index is 1460. The molecule has 1 unspecified atom stereocenters. The third-order valence-electron chi connectivity index (χ3n) is 5.90. The lowest BCUT2D eigenvalue weighted by Crippen LogP contribution is -2.29. The van der Waals surface area contributed by atoms with Crippen LogP contribution in [0.2, 0.25) is 0 Å². The van der Waals surface area contributed by atoms with Crippen LogP contribution >= 0.6 is 11.3 Å². The fourth-order valence-electron chi connectivity index (χ4n) is 4.15. The fourth-order valence-corrected chi connectivity index (χ4v) is 5.14. The van der Waals surface area contributed by atoms with Crippen LogP contribution in [0.3, 0.4) is 0 Å². The number of hydrogen-bond acceptors (Lipinski definition) is 8. The molecule has 4 rings (SSSR count). The van der Waals surface area contributed by atoms with Crippen molar-refractivity contribution in [2.24, 2.45) is 0 Å². The maximum atomic E-state index is 13.8. The summed E-state index contributed by atoms with van der Waals surface area (Å²) < 4.78 is 24.4. The molecule has 1 atom stereocenters. The number of hydrogen-bond donors (Lipinski definition) is 1. The van der Waals surface area contributed by atoms with Crippen LogP contribution in [-0.4, -0.2) is 41.0 Å². The molecule has 196 valence electrons. The number of carbonyl (C=O) groups excluding carboxylic acids is 3. The summed E-state index contributed by atoms with van der Waals surface area (Å²) in [5.41, 5.74) is 1.44. The van der Waals surface area contributed by atoms with E-state index in [-0.39, 0.29) is 22.2 Å². The van der Waals surface area contributed by atoms with Gasteiger partial charge in [-0.05, 0) is 62.2 Å². The second-order valence-corrected chi connectivity index (χ2v) is 9.41. The topological polar surface area (TPSA) is 106 Å². The second kappa shape index (κ2) is 11.0. The Balaban J connectivity index is 1.88. The normalized spacial score (nSPS) is 16.5. The number of rotatable bonds is 8. The number of halogens is 1. The molecule has 8 nitrogen and oxygen atoms in total. The highest BCUT2D eigenvalue weighted by molar-refractivity contribution is 7.17. The SMILES string of the molecule is C=CCOc1ccc(/C(O)=C2\C(=O)C(=O)N(c3nc(C)c(C(=O)OCC)s3)C2c2ccc(F)cc2)c(C)c1. The summed E-state index contributed by atoms with van der Waals surface area (Å²) in [7, 11) is 0. The fraction of sp³-hybridized carbons (Fsp3) is 0.214. The summed E-state index contributed by atoms with van der Waals surface area (Å²) in [6.45, 7) is 9.05. The number of aryl methyl sites for hydroxylation is 2. The molecule has 2 aromatic carbocycles. The van der Waals surface area contributed by atoms with Crippen molar-refractivity contribution in [3.8, 4) is 5.75 Å². The Kier molecular flexibility index (Phi) is 7.72. The van der Waals surface area contributed by atoms with Gasteiger partial charge in [0.05, 0.1) is 23.9 Å². The third kappa shape index (κ3) is 4.95. The molecule has 1 amide bonds. The number of nitrogens with zero attached hydrogens (tertiary/aromatic N) is 2. The van der Waals surface area contributed by atoms with Crippen LogP contribution < -0.4 is 9.64 Å². The lowest BCUT2D eigenvalue weighted by molar-refractivity contribution is -0.132. The summed E-state index contributed by atoms with van der Waals surface area (Å²) in [5, 5.41) is 11.5. The van der Waals surface area contributed by atoms with E-state index in [1.54, 1.807) is 45.0 Å². The first-order valence-electron chi connectivity index (χ1n) is 11.7. The second-order valence-electron chi connectivity index (χ2n) is 8.43. The number of anilines is 1. The Labute approximate surface area is 222 Å². The molecular weight excluding hydrogens is 511 g/mol. The van der Waals surface area contributed by atoms with E-state index < -0.39 is 35.3 Å². The van der Waals surface area contributed by atoms with Gasteiger partial charge in [0.2, 0.25) is 0 Å². The predicted molar refractivity (Wildman–Crippen MR) is 141 cm³/mol. The zero-order chi connectivity index (χ0) is 27.6. The monoisotopic (exact) mass is 536 g/mol. The molecule has 0 radical (unpaired) electrons. The average molecular weight is 537 g/mol. The quantitative estimate of drug-likeness (QED) is 0.138. The maximum absolute atomic E-state index is 13.8. The molecule has 0 aliphatic carbocycles. The number of amides is 1. The van der Waals surface area contributed by atoms with E-state index in [4.69, 9.17) is 9.47 Å². The highest BCUT2D eigenvalue weighted by atomic mass is 32.1. The predicted octanol–water partition coefficient (Wildman–Crippen LogP) is 5.27. The number of ketones is 1. The van der Waals surface area contributed by atoms with Gasteiger partial charge in [-0.15, -0.1) is 0 Å². The number of aromatic nitrogens is 1. The molecule has 10 heteroatoms. The Morgan fingerprint density at radius 1 is 1.21 bits per heavy atom. The molecule has 38 heavy (non-hydrogen) atoms. The van der Waals surface area contributed by atoms with Crippen LogP contribution in [0.1, 0.15) is 45.0 Å². The molecule has 1 saturated heterocycles. The average Bonchev–Trinajstić information content (AvgIpc) is 3.39. The standard InChI is InChI=1S/C28H25FN2O6S/c1-5-13-37-19-11-12-20(15(3)14-19)23(32)21-22(17-7-9-18(29)10-8-17)31(26(34)24(21)33)28-30-16(4)25(38-28)27(35)36-6-2/h5,7-12,14,22,32H,1,6,13H2,2-4H3/b23-21+. The summed E-state index contributed by atoms with van der Waals surface area (Å²) >= 11 is 0.899. The highest BCUT2D eigenvalue weighted by Gasteiger charge is 2.48. The van der Waals surface area contributed by atoms with Crippen molar-refractivity contribution < 1.29 is 33.4 Å². The summed E-state index contributed by atoms with van der Waals surface area (Å²) in [6.07, 6.45) is 1.60. The molecule has 1 fully saturated rings. The van der Waals surface area contributed by atoms with Crippen molar-refractivity contribution in [3.05, 3.63) is 93.8 Å². The number of Topliss-reactive ketones (excluding diaryl/α,β-unsaturated/α-hetero) is 1. The number of thiazole rings is 1. The van der Waals surface area contributed by atoms with Gasteiger partial charge in [0.15, 0.2) is 5.13 Å². The van der Waals surface area contributed by atoms with Gasteiger partial charge in [0, 0.05) is 5.56 Å². The van der Waals surface area contributed by atoms with E-state index in [1.165, 1.54) is 24.3 Å². The minimum Gasteiger partial charge on any atom is -0.507 e. The van der Waals surface area contributed by atoms with Crippen molar-refractivity contribution >= 4 is 39.9 Å². The molecule has 0 saturated carbocycles. The van der Waals surface area contributed by atoms with Crippen molar-refractivity contribution in [2.75, 3.05) is 18.1 Å². The first-order chi connectivity index (χ1) is 18.2. The van der Waals surface area contributed by atoms with Crippen LogP contribution in [0.5, 0.6) is 5.75 Å². The van der Waals surface area contributed by atoms with E-state index in [1.807, 2.05) is 0 Å². The van der Waals surface area contributed by atoms with Gasteiger partial charge in [-0.1, -0.05) is 36.1 Å². The van der Waals surface area contributed by atoms with E-state index in [2.05, 4.69) is 11.6 Å². The molecule has 0 spiro atoms. The minimum atomic E-state index is -1.12. The van der Waals surface area contributed by atoms with Crippen molar-refractivity contribution in [1.82, 2.24) is 4.98 Å². The lowest BCUT2D eigenvalue weighted by Gasteiger charge is -2.23. The van der Waals surface area contributed by atoms with Gasteiger partial charge in [-0.2, -0.15) is 0 Å². The maximum Gasteiger partial charge on any atom is 0.350 e. The van der Waals surface area contributed by atoms with Crippen molar-refractivity contribution in [1.29, 1.82) is 0 Å².